The molecule has 0 radical (unpaired) electrons. The van der Waals surface area contributed by atoms with Gasteiger partial charge in [0.05, 0.1) is 12.8 Å². The molecule has 1 spiro atoms. The molecule has 2 fully saturated rings. The average Bonchev–Trinajstić information content (AvgIpc) is 2.80. The number of methoxy groups -OCH3 is 1. The van der Waals surface area contributed by atoms with Gasteiger partial charge >= 0.3 is 0 Å². The minimum Gasteiger partial charge on any atom is -0.494 e. The Kier molecular flexibility index (Phi) is 3.83. The fraction of sp³-hybridized carbons (Fsp3) is 0.625. The van der Waals surface area contributed by atoms with Crippen LogP contribution in [-0.4, -0.2) is 32.3 Å². The SMILES string of the molecule is COc1cc(F)ccc1N1CCCNC2(CCCC2)C1. The van der Waals surface area contributed by atoms with Crippen LogP contribution in [0.5, 0.6) is 5.75 Å². The maximum atomic E-state index is 13.4. The first-order valence-corrected chi connectivity index (χ1v) is 7.56. The molecule has 3 rings (SSSR count). The Labute approximate surface area is 120 Å². The number of benzene rings is 1. The smallest absolute Gasteiger partial charge is 0.145 e. The van der Waals surface area contributed by atoms with E-state index in [0.717, 1.165) is 31.7 Å². The summed E-state index contributed by atoms with van der Waals surface area (Å²) in [5.74, 6) is 0.397. The van der Waals surface area contributed by atoms with Gasteiger partial charge in [0.25, 0.3) is 0 Å². The van der Waals surface area contributed by atoms with Crippen molar-refractivity contribution in [1.29, 1.82) is 0 Å². The lowest BCUT2D eigenvalue weighted by Crippen LogP contribution is -2.49. The van der Waals surface area contributed by atoms with Gasteiger partial charge in [0.15, 0.2) is 0 Å². The number of nitrogens with one attached hydrogen (secondary N) is 1. The van der Waals surface area contributed by atoms with E-state index in [0.29, 0.717) is 5.75 Å². The maximum absolute atomic E-state index is 13.4. The standard InChI is InChI=1S/C16H23FN2O/c1-20-15-11-13(17)5-6-14(15)19-10-4-9-18-16(12-19)7-2-3-8-16/h5-6,11,18H,2-4,7-10,12H2,1H3. The fourth-order valence-electron chi connectivity index (χ4n) is 3.63. The first-order chi connectivity index (χ1) is 9.72. The molecule has 1 N–H and O–H groups in total. The third-order valence-electron chi connectivity index (χ3n) is 4.64. The molecule has 0 unspecified atom stereocenters. The van der Waals surface area contributed by atoms with Gasteiger partial charge in [0.1, 0.15) is 11.6 Å². The van der Waals surface area contributed by atoms with Crippen LogP contribution >= 0.6 is 0 Å². The number of halogens is 1. The quantitative estimate of drug-likeness (QED) is 0.900. The van der Waals surface area contributed by atoms with E-state index in [-0.39, 0.29) is 11.4 Å². The monoisotopic (exact) mass is 278 g/mol. The third-order valence-corrected chi connectivity index (χ3v) is 4.64. The molecule has 3 nitrogen and oxygen atoms in total. The zero-order chi connectivity index (χ0) is 14.0. The van der Waals surface area contributed by atoms with Crippen molar-refractivity contribution < 1.29 is 9.13 Å². The van der Waals surface area contributed by atoms with Gasteiger partial charge in [-0.1, -0.05) is 12.8 Å². The number of rotatable bonds is 2. The molecule has 1 aromatic carbocycles. The van der Waals surface area contributed by atoms with Crippen LogP contribution in [0.3, 0.4) is 0 Å². The predicted octanol–water partition coefficient (Wildman–Crippen LogP) is 2.95. The summed E-state index contributed by atoms with van der Waals surface area (Å²) in [5, 5.41) is 3.75. The number of hydrogen-bond donors (Lipinski definition) is 1. The zero-order valence-electron chi connectivity index (χ0n) is 12.1. The summed E-state index contributed by atoms with van der Waals surface area (Å²) in [7, 11) is 1.61. The first-order valence-electron chi connectivity index (χ1n) is 7.56. The van der Waals surface area contributed by atoms with Crippen LogP contribution in [0, 0.1) is 5.82 Å². The number of ether oxygens (including phenoxy) is 1. The van der Waals surface area contributed by atoms with E-state index in [9.17, 15) is 4.39 Å². The van der Waals surface area contributed by atoms with Crippen molar-refractivity contribution in [2.24, 2.45) is 0 Å². The Morgan fingerprint density at radius 3 is 2.80 bits per heavy atom. The lowest BCUT2D eigenvalue weighted by molar-refractivity contribution is 0.353. The Morgan fingerprint density at radius 1 is 1.25 bits per heavy atom. The van der Waals surface area contributed by atoms with Crippen molar-refractivity contribution >= 4 is 5.69 Å². The largest absolute Gasteiger partial charge is 0.494 e. The minimum atomic E-state index is -0.242. The predicted molar refractivity (Wildman–Crippen MR) is 79.0 cm³/mol. The highest BCUT2D eigenvalue weighted by molar-refractivity contribution is 5.59. The molecule has 0 amide bonds. The second kappa shape index (κ2) is 5.60. The van der Waals surface area contributed by atoms with Crippen LogP contribution in [0.25, 0.3) is 0 Å². The Balaban J connectivity index is 1.88. The highest BCUT2D eigenvalue weighted by Crippen LogP contribution is 2.36. The average molecular weight is 278 g/mol. The molecular weight excluding hydrogens is 255 g/mol. The van der Waals surface area contributed by atoms with E-state index in [2.05, 4.69) is 10.2 Å². The summed E-state index contributed by atoms with van der Waals surface area (Å²) in [6.45, 7) is 3.06. The Hall–Kier alpha value is -1.29. The summed E-state index contributed by atoms with van der Waals surface area (Å²) in [4.78, 5) is 2.36. The van der Waals surface area contributed by atoms with Gasteiger partial charge in [0, 0.05) is 24.7 Å². The molecule has 1 saturated heterocycles. The molecule has 1 aliphatic heterocycles. The maximum Gasteiger partial charge on any atom is 0.145 e. The van der Waals surface area contributed by atoms with Crippen molar-refractivity contribution in [3.8, 4) is 5.75 Å². The van der Waals surface area contributed by atoms with E-state index in [1.807, 2.05) is 6.07 Å². The second-order valence-corrected chi connectivity index (χ2v) is 6.01. The number of hydrogen-bond acceptors (Lipinski definition) is 3. The minimum absolute atomic E-state index is 0.242. The van der Waals surface area contributed by atoms with Crippen molar-refractivity contribution in [3.63, 3.8) is 0 Å². The van der Waals surface area contributed by atoms with Gasteiger partial charge in [-0.2, -0.15) is 0 Å². The van der Waals surface area contributed by atoms with Crippen molar-refractivity contribution in [2.75, 3.05) is 31.6 Å². The van der Waals surface area contributed by atoms with E-state index in [1.165, 1.54) is 37.8 Å². The van der Waals surface area contributed by atoms with E-state index in [1.54, 1.807) is 7.11 Å². The first kappa shape index (κ1) is 13.7. The topological polar surface area (TPSA) is 24.5 Å². The van der Waals surface area contributed by atoms with Gasteiger partial charge in [-0.15, -0.1) is 0 Å². The van der Waals surface area contributed by atoms with E-state index in [4.69, 9.17) is 4.74 Å². The lowest BCUT2D eigenvalue weighted by Gasteiger charge is -2.35. The molecule has 110 valence electrons. The number of nitrogens with zero attached hydrogens (tertiary/aromatic N) is 1. The molecule has 0 aromatic heterocycles. The number of anilines is 1. The highest BCUT2D eigenvalue weighted by Gasteiger charge is 2.36. The van der Waals surface area contributed by atoms with Gasteiger partial charge in [-0.25, -0.2) is 4.39 Å². The summed E-state index contributed by atoms with van der Waals surface area (Å²) >= 11 is 0. The molecule has 0 bridgehead atoms. The van der Waals surface area contributed by atoms with Crippen molar-refractivity contribution in [2.45, 2.75) is 37.6 Å². The summed E-state index contributed by atoms with van der Waals surface area (Å²) in [5.41, 5.74) is 1.26. The fourth-order valence-corrected chi connectivity index (χ4v) is 3.63. The highest BCUT2D eigenvalue weighted by atomic mass is 19.1. The lowest BCUT2D eigenvalue weighted by atomic mass is 9.97. The van der Waals surface area contributed by atoms with Crippen molar-refractivity contribution in [1.82, 2.24) is 5.32 Å². The molecular formula is C16H23FN2O. The molecule has 20 heavy (non-hydrogen) atoms. The van der Waals surface area contributed by atoms with Gasteiger partial charge < -0.3 is 15.0 Å². The molecule has 1 heterocycles. The van der Waals surface area contributed by atoms with E-state index >= 15 is 0 Å². The summed E-state index contributed by atoms with van der Waals surface area (Å²) in [6.07, 6.45) is 6.21. The van der Waals surface area contributed by atoms with Crippen LogP contribution in [0.15, 0.2) is 18.2 Å². The normalized spacial score (nSPS) is 22.0. The van der Waals surface area contributed by atoms with Crippen molar-refractivity contribution in [3.05, 3.63) is 24.0 Å². The van der Waals surface area contributed by atoms with Gasteiger partial charge in [-0.05, 0) is 37.9 Å². The van der Waals surface area contributed by atoms with Gasteiger partial charge in [0.2, 0.25) is 0 Å². The second-order valence-electron chi connectivity index (χ2n) is 6.01. The molecule has 1 saturated carbocycles. The van der Waals surface area contributed by atoms with E-state index < -0.39 is 0 Å². The van der Waals surface area contributed by atoms with Crippen LogP contribution in [0.1, 0.15) is 32.1 Å². The molecule has 1 aliphatic carbocycles. The summed E-state index contributed by atoms with van der Waals surface area (Å²) < 4.78 is 18.7. The van der Waals surface area contributed by atoms with Crippen LogP contribution in [0.4, 0.5) is 10.1 Å². The Morgan fingerprint density at radius 2 is 2.05 bits per heavy atom. The third kappa shape index (κ3) is 2.62. The van der Waals surface area contributed by atoms with Gasteiger partial charge in [-0.3, -0.25) is 0 Å². The molecule has 0 atom stereocenters. The van der Waals surface area contributed by atoms with Crippen LogP contribution < -0.4 is 15.0 Å². The van der Waals surface area contributed by atoms with Crippen LogP contribution in [0.2, 0.25) is 0 Å². The Bertz CT molecular complexity index is 472. The molecule has 2 aliphatic rings. The molecule has 4 heteroatoms. The zero-order valence-corrected chi connectivity index (χ0v) is 12.1. The van der Waals surface area contributed by atoms with Crippen LogP contribution in [-0.2, 0) is 0 Å². The molecule has 1 aromatic rings. The summed E-state index contributed by atoms with van der Waals surface area (Å²) in [6, 6.07) is 4.86.